The highest BCUT2D eigenvalue weighted by atomic mass is 35.6. The van der Waals surface area contributed by atoms with E-state index in [1.54, 1.807) is 12.1 Å². The van der Waals surface area contributed by atoms with Gasteiger partial charge in [-0.15, -0.1) is 0 Å². The first-order valence-electron chi connectivity index (χ1n) is 4.30. The van der Waals surface area contributed by atoms with E-state index in [-0.39, 0.29) is 17.5 Å². The molecule has 17 heavy (non-hydrogen) atoms. The molecule has 0 spiro atoms. The zero-order valence-corrected chi connectivity index (χ0v) is 12.7. The van der Waals surface area contributed by atoms with Gasteiger partial charge in [-0.1, -0.05) is 87.8 Å². The van der Waals surface area contributed by atoms with E-state index in [9.17, 15) is 0 Å². The Hall–Kier alpha value is 0.450. The summed E-state index contributed by atoms with van der Waals surface area (Å²) in [6, 6.07) is 6.73. The molecule has 0 saturated heterocycles. The smallest absolute Gasteiger partial charge is 0.198 e. The van der Waals surface area contributed by atoms with Crippen molar-refractivity contribution in [3.05, 3.63) is 34.9 Å². The van der Waals surface area contributed by atoms with Crippen LogP contribution in [0.15, 0.2) is 18.2 Å². The quantitative estimate of drug-likeness (QED) is 0.621. The third-order valence-electron chi connectivity index (χ3n) is 1.98. The van der Waals surface area contributed by atoms with Gasteiger partial charge in [0.05, 0.1) is 12.5 Å². The van der Waals surface area contributed by atoms with Gasteiger partial charge in [0.25, 0.3) is 0 Å². The minimum atomic E-state index is -1.72. The fourth-order valence-electron chi connectivity index (χ4n) is 1.27. The Kier molecular flexibility index (Phi) is 5.12. The third-order valence-corrected chi connectivity index (χ3v) is 3.20. The lowest BCUT2D eigenvalue weighted by atomic mass is 10.0. The van der Waals surface area contributed by atoms with Crippen LogP contribution in [0.2, 0.25) is 0 Å². The van der Waals surface area contributed by atoms with E-state index < -0.39 is 7.59 Å². The molecule has 0 N–H and O–H groups in total. The first-order chi connectivity index (χ1) is 7.66. The fraction of sp³-hybridized carbons (Fsp3) is 0.300. The first-order valence-corrected chi connectivity index (χ1v) is 6.57. The number of nitrogens with zero attached hydrogens (tertiary/aromatic N) is 1. The number of rotatable bonds is 1. The number of alkyl halides is 6. The van der Waals surface area contributed by atoms with Crippen molar-refractivity contribution in [1.29, 1.82) is 5.26 Å². The van der Waals surface area contributed by atoms with Gasteiger partial charge in [0.1, 0.15) is 0 Å². The lowest BCUT2D eigenvalue weighted by Gasteiger charge is -2.21. The number of nitriles is 1. The van der Waals surface area contributed by atoms with Gasteiger partial charge < -0.3 is 0 Å². The van der Waals surface area contributed by atoms with Gasteiger partial charge in [-0.3, -0.25) is 0 Å². The molecule has 0 saturated carbocycles. The fourth-order valence-corrected chi connectivity index (χ4v) is 2.24. The van der Waals surface area contributed by atoms with Crippen molar-refractivity contribution in [2.75, 3.05) is 0 Å². The zero-order valence-electron chi connectivity index (χ0n) is 8.15. The van der Waals surface area contributed by atoms with Crippen LogP contribution in [-0.2, 0) is 14.0 Å². The van der Waals surface area contributed by atoms with Crippen LogP contribution >= 0.6 is 69.6 Å². The van der Waals surface area contributed by atoms with Crippen molar-refractivity contribution in [3.8, 4) is 6.07 Å². The second-order valence-electron chi connectivity index (χ2n) is 3.21. The van der Waals surface area contributed by atoms with Crippen LogP contribution in [0.4, 0.5) is 0 Å². The maximum absolute atomic E-state index is 8.62. The van der Waals surface area contributed by atoms with Crippen LogP contribution in [0.25, 0.3) is 0 Å². The maximum atomic E-state index is 8.62. The molecule has 0 fully saturated rings. The normalized spacial score (nSPS) is 12.3. The molecule has 7 heteroatoms. The van der Waals surface area contributed by atoms with Gasteiger partial charge in [0.2, 0.25) is 7.59 Å². The Morgan fingerprint density at radius 3 is 1.88 bits per heavy atom. The molecule has 0 atom stereocenters. The van der Waals surface area contributed by atoms with Crippen LogP contribution in [0.1, 0.15) is 16.7 Å². The summed E-state index contributed by atoms with van der Waals surface area (Å²) in [5, 5.41) is 8.62. The van der Waals surface area contributed by atoms with Crippen LogP contribution in [-0.4, -0.2) is 0 Å². The number of hydrogen-bond donors (Lipinski definition) is 0. The average molecular weight is 352 g/mol. The number of benzene rings is 1. The van der Waals surface area contributed by atoms with E-state index >= 15 is 0 Å². The molecule has 1 aromatic rings. The summed E-state index contributed by atoms with van der Waals surface area (Å²) in [5.41, 5.74) is 1.23. The Labute approximate surface area is 129 Å². The molecule has 0 aliphatic carbocycles. The summed E-state index contributed by atoms with van der Waals surface area (Å²) in [7, 11) is 0. The maximum Gasteiger partial charge on any atom is 0.216 e. The molecule has 0 heterocycles. The molecule has 92 valence electrons. The number of halogens is 6. The van der Waals surface area contributed by atoms with Crippen LogP contribution in [0.5, 0.6) is 0 Å². The van der Waals surface area contributed by atoms with Crippen LogP contribution in [0.3, 0.4) is 0 Å². The van der Waals surface area contributed by atoms with Gasteiger partial charge in [0.15, 0.2) is 0 Å². The lowest BCUT2D eigenvalue weighted by Crippen LogP contribution is -2.12. The van der Waals surface area contributed by atoms with Crippen molar-refractivity contribution in [2.45, 2.75) is 14.0 Å². The molecular weight excluding hydrogens is 347 g/mol. The van der Waals surface area contributed by atoms with Crippen molar-refractivity contribution in [1.82, 2.24) is 0 Å². The summed E-state index contributed by atoms with van der Waals surface area (Å²) < 4.78 is -3.41. The second-order valence-corrected chi connectivity index (χ2v) is 7.77. The zero-order chi connectivity index (χ0) is 13.3. The minimum Gasteiger partial charge on any atom is -0.198 e. The predicted octanol–water partition coefficient (Wildman–Crippen LogP) is 5.41. The monoisotopic (exact) mass is 349 g/mol. The summed E-state index contributed by atoms with van der Waals surface area (Å²) in [5.74, 6) is 0. The Bertz CT molecular complexity index is 451. The van der Waals surface area contributed by atoms with Crippen molar-refractivity contribution in [2.24, 2.45) is 0 Å². The van der Waals surface area contributed by atoms with E-state index in [0.717, 1.165) is 0 Å². The van der Waals surface area contributed by atoms with Crippen LogP contribution < -0.4 is 0 Å². The molecular formula is C10H5Cl6N. The van der Waals surface area contributed by atoms with Gasteiger partial charge in [-0.05, 0) is 5.56 Å². The molecule has 0 bridgehead atoms. The predicted molar refractivity (Wildman–Crippen MR) is 74.2 cm³/mol. The average Bonchev–Trinajstić information content (AvgIpc) is 2.15. The highest BCUT2D eigenvalue weighted by Crippen LogP contribution is 2.48. The van der Waals surface area contributed by atoms with Gasteiger partial charge >= 0.3 is 0 Å². The van der Waals surface area contributed by atoms with Gasteiger partial charge in [-0.2, -0.15) is 5.26 Å². The standard InChI is InChI=1S/C10H5Cl6N/c11-9(12,13)7-2-1-6(3-4-17)5-8(7)10(14,15)16/h1-2,5H,3H2. The Balaban J connectivity index is 3.39. The largest absolute Gasteiger partial charge is 0.216 e. The first kappa shape index (κ1) is 15.5. The van der Waals surface area contributed by atoms with E-state index in [0.29, 0.717) is 5.56 Å². The molecule has 0 aliphatic rings. The molecule has 0 unspecified atom stereocenters. The van der Waals surface area contributed by atoms with Crippen molar-refractivity contribution >= 4 is 69.6 Å². The number of hydrogen-bond acceptors (Lipinski definition) is 1. The SMILES string of the molecule is N#CCc1ccc(C(Cl)(Cl)Cl)c(C(Cl)(Cl)Cl)c1. The minimum absolute atomic E-state index is 0.188. The highest BCUT2D eigenvalue weighted by Gasteiger charge is 2.34. The van der Waals surface area contributed by atoms with Gasteiger partial charge in [0, 0.05) is 11.1 Å². The third kappa shape index (κ3) is 4.24. The molecule has 0 aliphatic heterocycles. The highest BCUT2D eigenvalue weighted by molar-refractivity contribution is 6.69. The summed E-state index contributed by atoms with van der Waals surface area (Å²) in [4.78, 5) is 0. The van der Waals surface area contributed by atoms with Crippen molar-refractivity contribution < 1.29 is 0 Å². The molecule has 0 amide bonds. The summed E-state index contributed by atoms with van der Waals surface area (Å²) >= 11 is 34.8. The van der Waals surface area contributed by atoms with E-state index in [1.807, 2.05) is 6.07 Å². The Morgan fingerprint density at radius 2 is 1.47 bits per heavy atom. The summed E-state index contributed by atoms with van der Waals surface area (Å²) in [6.07, 6.45) is 0.188. The molecule has 1 aromatic carbocycles. The molecule has 1 nitrogen and oxygen atoms in total. The topological polar surface area (TPSA) is 23.8 Å². The second kappa shape index (κ2) is 5.61. The molecule has 1 rings (SSSR count). The lowest BCUT2D eigenvalue weighted by molar-refractivity contribution is 1.09. The van der Waals surface area contributed by atoms with E-state index in [2.05, 4.69) is 0 Å². The van der Waals surface area contributed by atoms with Crippen LogP contribution in [0, 0.1) is 11.3 Å². The molecule has 0 aromatic heterocycles. The Morgan fingerprint density at radius 1 is 0.941 bits per heavy atom. The van der Waals surface area contributed by atoms with E-state index in [1.165, 1.54) is 6.07 Å². The van der Waals surface area contributed by atoms with E-state index in [4.69, 9.17) is 74.9 Å². The molecule has 0 radical (unpaired) electrons. The summed E-state index contributed by atoms with van der Waals surface area (Å²) in [6.45, 7) is 0. The van der Waals surface area contributed by atoms with Gasteiger partial charge in [-0.25, -0.2) is 0 Å². The van der Waals surface area contributed by atoms with Crippen molar-refractivity contribution in [3.63, 3.8) is 0 Å².